The molecule has 0 N–H and O–H groups in total. The van der Waals surface area contributed by atoms with E-state index in [4.69, 9.17) is 0 Å². The van der Waals surface area contributed by atoms with Crippen molar-refractivity contribution in [3.8, 4) is 0 Å². The fraction of sp³-hybridized carbons (Fsp3) is 0.267. The predicted octanol–water partition coefficient (Wildman–Crippen LogP) is 4.21. The normalized spacial score (nSPS) is 10.6. The Morgan fingerprint density at radius 2 is 1.53 bits per heavy atom. The Morgan fingerprint density at radius 1 is 0.941 bits per heavy atom. The molecule has 17 heavy (non-hydrogen) atoms. The first kappa shape index (κ1) is 12.1. The summed E-state index contributed by atoms with van der Waals surface area (Å²) < 4.78 is 0. The summed E-state index contributed by atoms with van der Waals surface area (Å²) in [6.45, 7) is 8.14. The van der Waals surface area contributed by atoms with Crippen LogP contribution < -0.4 is 0 Å². The Kier molecular flexibility index (Phi) is 3.16. The maximum absolute atomic E-state index is 12.3. The monoisotopic (exact) mass is 244 g/mol. The van der Waals surface area contributed by atoms with Crippen LogP contribution in [0.15, 0.2) is 24.3 Å². The minimum absolute atomic E-state index is 0.137. The van der Waals surface area contributed by atoms with Gasteiger partial charge in [0, 0.05) is 10.4 Å². The van der Waals surface area contributed by atoms with Gasteiger partial charge in [-0.25, -0.2) is 0 Å². The molecule has 2 aromatic rings. The summed E-state index contributed by atoms with van der Waals surface area (Å²) in [7, 11) is 0. The molecule has 2 rings (SSSR count). The van der Waals surface area contributed by atoms with E-state index in [-0.39, 0.29) is 5.78 Å². The number of aryl methyl sites for hydroxylation is 4. The summed E-state index contributed by atoms with van der Waals surface area (Å²) >= 11 is 1.58. The predicted molar refractivity (Wildman–Crippen MR) is 73.1 cm³/mol. The molecule has 0 unspecified atom stereocenters. The summed E-state index contributed by atoms with van der Waals surface area (Å²) in [6.07, 6.45) is 0. The Labute approximate surface area is 106 Å². The van der Waals surface area contributed by atoms with Crippen LogP contribution >= 0.6 is 11.3 Å². The fourth-order valence-electron chi connectivity index (χ4n) is 1.93. The van der Waals surface area contributed by atoms with Gasteiger partial charge in [-0.05, 0) is 51.5 Å². The molecule has 0 bridgehead atoms. The van der Waals surface area contributed by atoms with E-state index in [9.17, 15) is 4.79 Å². The lowest BCUT2D eigenvalue weighted by molar-refractivity contribution is 0.104. The number of carbonyl (C=O) groups is 1. The molecule has 1 aromatic carbocycles. The highest BCUT2D eigenvalue weighted by Gasteiger charge is 2.13. The van der Waals surface area contributed by atoms with Gasteiger partial charge < -0.3 is 0 Å². The number of hydrogen-bond donors (Lipinski definition) is 0. The molecule has 1 aromatic heterocycles. The minimum atomic E-state index is 0.137. The maximum Gasteiger partial charge on any atom is 0.202 e. The van der Waals surface area contributed by atoms with Gasteiger partial charge in [0.1, 0.15) is 0 Å². The van der Waals surface area contributed by atoms with Gasteiger partial charge in [-0.2, -0.15) is 0 Å². The van der Waals surface area contributed by atoms with Crippen LogP contribution in [-0.2, 0) is 0 Å². The van der Waals surface area contributed by atoms with Crippen molar-refractivity contribution in [2.24, 2.45) is 0 Å². The van der Waals surface area contributed by atoms with Crippen molar-refractivity contribution in [2.75, 3.05) is 0 Å². The van der Waals surface area contributed by atoms with Crippen LogP contribution in [0.3, 0.4) is 0 Å². The lowest BCUT2D eigenvalue weighted by Gasteiger charge is -2.02. The molecule has 0 fully saturated rings. The zero-order valence-corrected chi connectivity index (χ0v) is 11.4. The fourth-order valence-corrected chi connectivity index (χ4v) is 2.93. The summed E-state index contributed by atoms with van der Waals surface area (Å²) in [5.41, 5.74) is 4.27. The van der Waals surface area contributed by atoms with Gasteiger partial charge in [0.15, 0.2) is 0 Å². The number of rotatable bonds is 2. The van der Waals surface area contributed by atoms with E-state index >= 15 is 0 Å². The zero-order valence-electron chi connectivity index (χ0n) is 10.6. The molecule has 0 saturated carbocycles. The number of hydrogen-bond acceptors (Lipinski definition) is 2. The molecule has 0 aliphatic heterocycles. The smallest absolute Gasteiger partial charge is 0.202 e. The lowest BCUT2D eigenvalue weighted by atomic mass is 10.0. The first-order valence-electron chi connectivity index (χ1n) is 5.67. The highest BCUT2D eigenvalue weighted by atomic mass is 32.1. The van der Waals surface area contributed by atoms with Crippen LogP contribution in [0.25, 0.3) is 0 Å². The van der Waals surface area contributed by atoms with Gasteiger partial charge in [-0.3, -0.25) is 4.79 Å². The van der Waals surface area contributed by atoms with Crippen LogP contribution in [0, 0.1) is 27.7 Å². The Morgan fingerprint density at radius 3 is 2.00 bits per heavy atom. The summed E-state index contributed by atoms with van der Waals surface area (Å²) in [5, 5.41) is 0. The van der Waals surface area contributed by atoms with E-state index in [1.807, 2.05) is 39.0 Å². The van der Waals surface area contributed by atoms with Crippen molar-refractivity contribution in [1.82, 2.24) is 0 Å². The van der Waals surface area contributed by atoms with Crippen LogP contribution in [0.5, 0.6) is 0 Å². The molecule has 1 heterocycles. The highest BCUT2D eigenvalue weighted by molar-refractivity contribution is 7.14. The third-order valence-corrected chi connectivity index (χ3v) is 4.02. The van der Waals surface area contributed by atoms with E-state index in [1.165, 1.54) is 10.4 Å². The molecule has 0 aliphatic rings. The molecule has 0 spiro atoms. The molecule has 1 nitrogen and oxygen atoms in total. The van der Waals surface area contributed by atoms with E-state index in [2.05, 4.69) is 13.0 Å². The van der Waals surface area contributed by atoms with Gasteiger partial charge in [0.25, 0.3) is 0 Å². The van der Waals surface area contributed by atoms with E-state index in [0.29, 0.717) is 0 Å². The lowest BCUT2D eigenvalue weighted by Crippen LogP contribution is -1.99. The summed E-state index contributed by atoms with van der Waals surface area (Å²) in [5.74, 6) is 0.137. The topological polar surface area (TPSA) is 17.1 Å². The highest BCUT2D eigenvalue weighted by Crippen LogP contribution is 2.24. The standard InChI is InChI=1S/C15H16OS/c1-9-5-10(2)7-13(6-9)15(16)14-8-11(3)12(4)17-14/h5-8H,1-4H3. The van der Waals surface area contributed by atoms with Crippen molar-refractivity contribution in [2.45, 2.75) is 27.7 Å². The molecule has 0 radical (unpaired) electrons. The molecule has 0 saturated heterocycles. The third-order valence-electron chi connectivity index (χ3n) is 2.87. The van der Waals surface area contributed by atoms with E-state index < -0.39 is 0 Å². The van der Waals surface area contributed by atoms with Crippen molar-refractivity contribution in [3.05, 3.63) is 56.3 Å². The second-order valence-corrected chi connectivity index (χ2v) is 5.81. The van der Waals surface area contributed by atoms with E-state index in [1.54, 1.807) is 11.3 Å². The SMILES string of the molecule is Cc1cc(C)cc(C(=O)c2cc(C)c(C)s2)c1. The second kappa shape index (κ2) is 4.46. The maximum atomic E-state index is 12.3. The largest absolute Gasteiger partial charge is 0.288 e. The zero-order chi connectivity index (χ0) is 12.6. The first-order valence-corrected chi connectivity index (χ1v) is 6.49. The molecule has 88 valence electrons. The first-order chi connectivity index (χ1) is 7.97. The molecular formula is C15H16OS. The van der Waals surface area contributed by atoms with Crippen molar-refractivity contribution < 1.29 is 4.79 Å². The average molecular weight is 244 g/mol. The number of carbonyl (C=O) groups excluding carboxylic acids is 1. The van der Waals surface area contributed by atoms with Crippen LogP contribution in [0.1, 0.15) is 36.8 Å². The van der Waals surface area contributed by atoms with Crippen LogP contribution in [-0.4, -0.2) is 5.78 Å². The molecule has 0 amide bonds. The van der Waals surface area contributed by atoms with Gasteiger partial charge in [-0.1, -0.05) is 17.2 Å². The van der Waals surface area contributed by atoms with Gasteiger partial charge in [0.2, 0.25) is 5.78 Å². The molecule has 0 atom stereocenters. The third kappa shape index (κ3) is 2.47. The van der Waals surface area contributed by atoms with Crippen molar-refractivity contribution in [1.29, 1.82) is 0 Å². The second-order valence-electron chi connectivity index (χ2n) is 4.56. The van der Waals surface area contributed by atoms with Crippen molar-refractivity contribution in [3.63, 3.8) is 0 Å². The summed E-state index contributed by atoms with van der Waals surface area (Å²) in [4.78, 5) is 14.4. The molecular weight excluding hydrogens is 228 g/mol. The van der Waals surface area contributed by atoms with Gasteiger partial charge in [0.05, 0.1) is 4.88 Å². The van der Waals surface area contributed by atoms with Gasteiger partial charge in [-0.15, -0.1) is 11.3 Å². The molecule has 0 aliphatic carbocycles. The van der Waals surface area contributed by atoms with Gasteiger partial charge >= 0.3 is 0 Å². The van der Waals surface area contributed by atoms with Crippen LogP contribution in [0.2, 0.25) is 0 Å². The number of thiophene rings is 1. The quantitative estimate of drug-likeness (QED) is 0.723. The Bertz CT molecular complexity index is 539. The number of ketones is 1. The average Bonchev–Trinajstić information content (AvgIpc) is 2.57. The Hall–Kier alpha value is -1.41. The van der Waals surface area contributed by atoms with E-state index in [0.717, 1.165) is 21.6 Å². The van der Waals surface area contributed by atoms with Crippen LogP contribution in [0.4, 0.5) is 0 Å². The van der Waals surface area contributed by atoms with Crippen molar-refractivity contribution >= 4 is 17.1 Å². The summed E-state index contributed by atoms with van der Waals surface area (Å²) in [6, 6.07) is 7.99. The number of benzene rings is 1. The minimum Gasteiger partial charge on any atom is -0.288 e. The Balaban J connectivity index is 2.43. The molecule has 2 heteroatoms.